The summed E-state index contributed by atoms with van der Waals surface area (Å²) in [5.74, 6) is -1.49. The molecule has 0 N–H and O–H groups in total. The van der Waals surface area contributed by atoms with Gasteiger partial charge in [0.15, 0.2) is 6.10 Å². The van der Waals surface area contributed by atoms with Crippen LogP contribution in [0, 0.1) is 0 Å². The molecule has 2 aromatic carbocycles. The summed E-state index contributed by atoms with van der Waals surface area (Å²) < 4.78 is 5.46. The fraction of sp³-hybridized carbons (Fsp3) is 0.176. The maximum Gasteiger partial charge on any atom is 0.397 e. The van der Waals surface area contributed by atoms with Gasteiger partial charge in [-0.1, -0.05) is 48.5 Å². The maximum atomic E-state index is 11.9. The number of likely N-dealkylation sites (N-methyl/N-ethyl adjacent to an activating group) is 1. The van der Waals surface area contributed by atoms with Crippen LogP contribution in [0.3, 0.4) is 0 Å². The van der Waals surface area contributed by atoms with Crippen LogP contribution in [0.15, 0.2) is 48.5 Å². The van der Waals surface area contributed by atoms with Crippen LogP contribution in [-0.2, 0) is 14.3 Å². The van der Waals surface area contributed by atoms with Crippen LogP contribution in [0.2, 0.25) is 0 Å². The minimum absolute atomic E-state index is 0.520. The van der Waals surface area contributed by atoms with Crippen LogP contribution < -0.4 is 0 Å². The van der Waals surface area contributed by atoms with Crippen LogP contribution in [-0.4, -0.2) is 30.9 Å². The zero-order chi connectivity index (χ0) is 15.0. The highest BCUT2D eigenvalue weighted by atomic mass is 16.5. The van der Waals surface area contributed by atoms with Gasteiger partial charge >= 0.3 is 11.9 Å². The molecule has 0 bridgehead atoms. The van der Waals surface area contributed by atoms with Gasteiger partial charge in [-0.15, -0.1) is 0 Å². The summed E-state index contributed by atoms with van der Waals surface area (Å²) in [7, 11) is 3.06. The predicted molar refractivity (Wildman–Crippen MR) is 78.5 cm³/mol. The molecule has 0 heterocycles. The third kappa shape index (κ3) is 2.18. The van der Waals surface area contributed by atoms with Crippen molar-refractivity contribution in [2.75, 3.05) is 14.1 Å². The summed E-state index contributed by atoms with van der Waals surface area (Å²) in [5, 5.41) is 0. The highest BCUT2D eigenvalue weighted by Crippen LogP contribution is 2.44. The number of rotatable bonds is 1. The van der Waals surface area contributed by atoms with E-state index in [9.17, 15) is 9.59 Å². The Morgan fingerprint density at radius 3 is 1.86 bits per heavy atom. The van der Waals surface area contributed by atoms with E-state index in [0.29, 0.717) is 0 Å². The van der Waals surface area contributed by atoms with Gasteiger partial charge in [0.2, 0.25) is 0 Å². The second kappa shape index (κ2) is 5.05. The average molecular weight is 281 g/mol. The van der Waals surface area contributed by atoms with Crippen molar-refractivity contribution in [3.63, 3.8) is 0 Å². The van der Waals surface area contributed by atoms with Gasteiger partial charge in [-0.05, 0) is 11.1 Å². The Hall–Kier alpha value is -2.62. The Kier molecular flexibility index (Phi) is 3.22. The lowest BCUT2D eigenvalue weighted by Gasteiger charge is -2.16. The molecule has 4 heteroatoms. The largest absolute Gasteiger partial charge is 0.445 e. The molecule has 1 amide bonds. The molecule has 0 spiro atoms. The predicted octanol–water partition coefficient (Wildman–Crippen LogP) is 2.39. The lowest BCUT2D eigenvalue weighted by molar-refractivity contribution is -0.161. The van der Waals surface area contributed by atoms with Crippen molar-refractivity contribution in [1.82, 2.24) is 4.90 Å². The van der Waals surface area contributed by atoms with Crippen LogP contribution in [0.1, 0.15) is 17.2 Å². The third-order valence-electron chi connectivity index (χ3n) is 3.58. The zero-order valence-electron chi connectivity index (χ0n) is 11.9. The molecule has 2 aromatic rings. The molecule has 1 aliphatic rings. The molecule has 0 fully saturated rings. The van der Waals surface area contributed by atoms with Crippen LogP contribution in [0.25, 0.3) is 11.1 Å². The zero-order valence-corrected chi connectivity index (χ0v) is 11.9. The smallest absolute Gasteiger partial charge is 0.397 e. The van der Waals surface area contributed by atoms with Crippen molar-refractivity contribution >= 4 is 11.9 Å². The molecule has 0 saturated carbocycles. The first kappa shape index (κ1) is 13.4. The van der Waals surface area contributed by atoms with Gasteiger partial charge < -0.3 is 9.64 Å². The normalized spacial score (nSPS) is 12.5. The second-order valence-electron chi connectivity index (χ2n) is 5.16. The molecule has 4 nitrogen and oxygen atoms in total. The molecule has 21 heavy (non-hydrogen) atoms. The van der Waals surface area contributed by atoms with E-state index in [4.69, 9.17) is 4.74 Å². The Bertz CT molecular complexity index is 676. The molecule has 0 radical (unpaired) electrons. The second-order valence-corrected chi connectivity index (χ2v) is 5.16. The fourth-order valence-electron chi connectivity index (χ4n) is 2.58. The number of benzene rings is 2. The summed E-state index contributed by atoms with van der Waals surface area (Å²) in [6, 6.07) is 15.5. The number of fused-ring (bicyclic) bond motifs is 3. The van der Waals surface area contributed by atoms with Crippen molar-refractivity contribution in [3.05, 3.63) is 59.7 Å². The average Bonchev–Trinajstić information content (AvgIpc) is 2.81. The maximum absolute atomic E-state index is 11.9. The Morgan fingerprint density at radius 1 is 0.905 bits per heavy atom. The highest BCUT2D eigenvalue weighted by Gasteiger charge is 2.32. The van der Waals surface area contributed by atoms with E-state index in [2.05, 4.69) is 0 Å². The molecule has 1 aliphatic carbocycles. The molecule has 0 unspecified atom stereocenters. The Labute approximate surface area is 123 Å². The monoisotopic (exact) mass is 281 g/mol. The van der Waals surface area contributed by atoms with Crippen molar-refractivity contribution in [3.8, 4) is 11.1 Å². The van der Waals surface area contributed by atoms with Gasteiger partial charge in [-0.2, -0.15) is 0 Å². The number of ether oxygens (including phenoxy) is 1. The van der Waals surface area contributed by atoms with Crippen molar-refractivity contribution in [1.29, 1.82) is 0 Å². The summed E-state index contributed by atoms with van der Waals surface area (Å²) >= 11 is 0. The molecule has 0 aromatic heterocycles. The number of carbonyl (C=O) groups excluding carboxylic acids is 2. The number of hydrogen-bond donors (Lipinski definition) is 0. The van der Waals surface area contributed by atoms with Crippen LogP contribution in [0.4, 0.5) is 0 Å². The SMILES string of the molecule is CN(C)C(=O)C(=O)OC1c2ccccc2-c2ccccc21. The van der Waals surface area contributed by atoms with E-state index in [0.717, 1.165) is 22.3 Å². The number of amides is 1. The van der Waals surface area contributed by atoms with Gasteiger partial charge in [-0.25, -0.2) is 4.79 Å². The molecule has 0 saturated heterocycles. The first-order chi connectivity index (χ1) is 10.1. The van der Waals surface area contributed by atoms with Gasteiger partial charge in [0.25, 0.3) is 0 Å². The number of nitrogens with zero attached hydrogens (tertiary/aromatic N) is 1. The molecule has 106 valence electrons. The summed E-state index contributed by atoms with van der Waals surface area (Å²) in [6.45, 7) is 0. The van der Waals surface area contributed by atoms with E-state index in [1.807, 2.05) is 48.5 Å². The number of hydrogen-bond acceptors (Lipinski definition) is 3. The van der Waals surface area contributed by atoms with Crippen LogP contribution in [0.5, 0.6) is 0 Å². The van der Waals surface area contributed by atoms with Gasteiger partial charge in [0.1, 0.15) is 0 Å². The third-order valence-corrected chi connectivity index (χ3v) is 3.58. The van der Waals surface area contributed by atoms with Gasteiger partial charge in [0, 0.05) is 25.2 Å². The summed E-state index contributed by atoms with van der Waals surface area (Å²) in [5.41, 5.74) is 3.92. The first-order valence-electron chi connectivity index (χ1n) is 6.70. The van der Waals surface area contributed by atoms with Gasteiger partial charge in [-0.3, -0.25) is 4.79 Å². The Balaban J connectivity index is 2.00. The molecular weight excluding hydrogens is 266 g/mol. The van der Waals surface area contributed by atoms with E-state index in [-0.39, 0.29) is 0 Å². The first-order valence-corrected chi connectivity index (χ1v) is 6.70. The minimum Gasteiger partial charge on any atom is -0.445 e. The number of esters is 1. The molecule has 3 rings (SSSR count). The molecule has 0 aliphatic heterocycles. The van der Waals surface area contributed by atoms with E-state index in [1.54, 1.807) is 0 Å². The molecular formula is C17H15NO3. The van der Waals surface area contributed by atoms with E-state index in [1.165, 1.54) is 19.0 Å². The van der Waals surface area contributed by atoms with Crippen LogP contribution >= 0.6 is 0 Å². The van der Waals surface area contributed by atoms with E-state index < -0.39 is 18.0 Å². The van der Waals surface area contributed by atoms with Crippen molar-refractivity contribution in [2.24, 2.45) is 0 Å². The van der Waals surface area contributed by atoms with Crippen molar-refractivity contribution in [2.45, 2.75) is 6.10 Å². The number of carbonyl (C=O) groups is 2. The van der Waals surface area contributed by atoms with Gasteiger partial charge in [0.05, 0.1) is 0 Å². The van der Waals surface area contributed by atoms with E-state index >= 15 is 0 Å². The standard InChI is InChI=1S/C17H15NO3/c1-18(2)16(19)17(20)21-15-13-9-5-3-7-11(13)12-8-4-6-10-14(12)15/h3-10,15H,1-2H3. The highest BCUT2D eigenvalue weighted by molar-refractivity contribution is 6.32. The summed E-state index contributed by atoms with van der Waals surface area (Å²) in [4.78, 5) is 24.9. The topological polar surface area (TPSA) is 46.6 Å². The summed E-state index contributed by atoms with van der Waals surface area (Å²) in [6.07, 6.45) is -0.520. The fourth-order valence-corrected chi connectivity index (χ4v) is 2.58. The lowest BCUT2D eigenvalue weighted by atomic mass is 10.1. The lowest BCUT2D eigenvalue weighted by Crippen LogP contribution is -2.32. The Morgan fingerprint density at radius 2 is 1.38 bits per heavy atom. The minimum atomic E-state index is -0.837. The van der Waals surface area contributed by atoms with Crippen molar-refractivity contribution < 1.29 is 14.3 Å². The molecule has 0 atom stereocenters. The quantitative estimate of drug-likeness (QED) is 0.595.